The van der Waals surface area contributed by atoms with Crippen molar-refractivity contribution >= 4 is 29.9 Å². The predicted molar refractivity (Wildman–Crippen MR) is 93.0 cm³/mol. The Bertz CT molecular complexity index is 559. The lowest BCUT2D eigenvalue weighted by atomic mass is 10.0. The highest BCUT2D eigenvalue weighted by Crippen LogP contribution is 2.27. The van der Waals surface area contributed by atoms with E-state index in [1.54, 1.807) is 4.90 Å². The number of nitrogens with one attached hydrogen (secondary N) is 2. The molecule has 0 aliphatic carbocycles. The Morgan fingerprint density at radius 1 is 1.22 bits per heavy atom. The molecule has 0 radical (unpaired) electrons. The zero-order valence-electron chi connectivity index (χ0n) is 13.2. The first-order valence-corrected chi connectivity index (χ1v) is 8.12. The van der Waals surface area contributed by atoms with Crippen molar-refractivity contribution in [3.05, 3.63) is 29.8 Å². The number of rotatable bonds is 4. The van der Waals surface area contributed by atoms with Crippen LogP contribution in [0.3, 0.4) is 0 Å². The molecule has 1 aromatic rings. The fourth-order valence-electron chi connectivity index (χ4n) is 3.22. The van der Waals surface area contributed by atoms with Gasteiger partial charge in [0.25, 0.3) is 0 Å². The van der Waals surface area contributed by atoms with E-state index < -0.39 is 0 Å². The van der Waals surface area contributed by atoms with Gasteiger partial charge >= 0.3 is 0 Å². The van der Waals surface area contributed by atoms with Gasteiger partial charge in [0, 0.05) is 31.1 Å². The smallest absolute Gasteiger partial charge is 0.227 e. The summed E-state index contributed by atoms with van der Waals surface area (Å²) < 4.78 is 0. The third-order valence-electron chi connectivity index (χ3n) is 4.46. The Morgan fingerprint density at radius 2 is 1.96 bits per heavy atom. The van der Waals surface area contributed by atoms with Gasteiger partial charge in [0.05, 0.1) is 0 Å². The molecule has 2 aliphatic rings. The number of hydrogen-bond acceptors (Lipinski definition) is 3. The predicted octanol–water partition coefficient (Wildman–Crippen LogP) is 1.65. The normalized spacial score (nSPS) is 18.1. The number of fused-ring (bicyclic) bond motifs is 1. The Balaban J connectivity index is 0.00000192. The molecule has 2 heterocycles. The topological polar surface area (TPSA) is 61.4 Å². The van der Waals surface area contributed by atoms with Crippen LogP contribution in [0.25, 0.3) is 0 Å². The Kier molecular flexibility index (Phi) is 6.42. The molecular formula is C17H24ClN3O2. The van der Waals surface area contributed by atoms with E-state index >= 15 is 0 Å². The van der Waals surface area contributed by atoms with E-state index in [1.807, 2.05) is 18.2 Å². The van der Waals surface area contributed by atoms with Crippen molar-refractivity contribution in [2.24, 2.45) is 0 Å². The van der Waals surface area contributed by atoms with Gasteiger partial charge in [-0.05, 0) is 44.0 Å². The van der Waals surface area contributed by atoms with Crippen molar-refractivity contribution in [2.75, 3.05) is 24.5 Å². The monoisotopic (exact) mass is 337 g/mol. The van der Waals surface area contributed by atoms with Crippen molar-refractivity contribution in [3.63, 3.8) is 0 Å². The van der Waals surface area contributed by atoms with Crippen LogP contribution >= 0.6 is 12.4 Å². The second-order valence-corrected chi connectivity index (χ2v) is 6.02. The largest absolute Gasteiger partial charge is 0.353 e. The van der Waals surface area contributed by atoms with Crippen molar-refractivity contribution in [3.8, 4) is 0 Å². The summed E-state index contributed by atoms with van der Waals surface area (Å²) in [6.07, 6.45) is 3.66. The van der Waals surface area contributed by atoms with Gasteiger partial charge in [-0.1, -0.05) is 18.2 Å². The summed E-state index contributed by atoms with van der Waals surface area (Å²) in [6, 6.07) is 8.25. The summed E-state index contributed by atoms with van der Waals surface area (Å²) in [5.74, 6) is 0.163. The Labute approximate surface area is 143 Å². The van der Waals surface area contributed by atoms with E-state index in [0.717, 1.165) is 38.0 Å². The van der Waals surface area contributed by atoms with Crippen LogP contribution in [0.5, 0.6) is 0 Å². The van der Waals surface area contributed by atoms with Crippen LogP contribution in [-0.2, 0) is 16.0 Å². The Morgan fingerprint density at radius 3 is 2.74 bits per heavy atom. The number of para-hydroxylation sites is 1. The molecule has 5 nitrogen and oxygen atoms in total. The number of carbonyl (C=O) groups is 2. The van der Waals surface area contributed by atoms with Crippen molar-refractivity contribution in [1.82, 2.24) is 10.6 Å². The minimum atomic E-state index is 0. The van der Waals surface area contributed by atoms with E-state index in [1.165, 1.54) is 5.56 Å². The average molecular weight is 338 g/mol. The lowest BCUT2D eigenvalue weighted by Gasteiger charge is -2.29. The number of anilines is 1. The molecule has 126 valence electrons. The summed E-state index contributed by atoms with van der Waals surface area (Å²) in [6.45, 7) is 2.39. The first kappa shape index (κ1) is 17.8. The summed E-state index contributed by atoms with van der Waals surface area (Å²) in [7, 11) is 0. The van der Waals surface area contributed by atoms with Crippen molar-refractivity contribution < 1.29 is 9.59 Å². The molecule has 0 bridgehead atoms. The number of benzene rings is 1. The van der Waals surface area contributed by atoms with Crippen LogP contribution in [0.4, 0.5) is 5.69 Å². The van der Waals surface area contributed by atoms with Crippen LogP contribution in [0.2, 0.25) is 0 Å². The first-order valence-electron chi connectivity index (χ1n) is 8.12. The standard InChI is InChI=1S/C17H23N3O2.ClH/c21-16(19-14-7-10-18-11-8-14)9-12-20-15-4-2-1-3-13(15)5-6-17(20)22;/h1-4,14,18H,5-12H2,(H,19,21);1H. The number of carbonyl (C=O) groups excluding carboxylic acids is 2. The van der Waals surface area contributed by atoms with Gasteiger partial charge in [-0.15, -0.1) is 12.4 Å². The van der Waals surface area contributed by atoms with Crippen LogP contribution in [-0.4, -0.2) is 37.5 Å². The van der Waals surface area contributed by atoms with E-state index in [2.05, 4.69) is 16.7 Å². The number of hydrogen-bond donors (Lipinski definition) is 2. The second kappa shape index (κ2) is 8.31. The molecule has 0 saturated carbocycles. The molecule has 1 aromatic carbocycles. The fraction of sp³-hybridized carbons (Fsp3) is 0.529. The van der Waals surface area contributed by atoms with Gasteiger partial charge < -0.3 is 15.5 Å². The molecule has 0 unspecified atom stereocenters. The minimum absolute atomic E-state index is 0. The van der Waals surface area contributed by atoms with Crippen LogP contribution in [0, 0.1) is 0 Å². The molecule has 0 atom stereocenters. The lowest BCUT2D eigenvalue weighted by Crippen LogP contribution is -2.44. The van der Waals surface area contributed by atoms with Gasteiger partial charge in [0.1, 0.15) is 0 Å². The molecule has 6 heteroatoms. The summed E-state index contributed by atoms with van der Waals surface area (Å²) in [4.78, 5) is 26.0. The molecule has 1 saturated heterocycles. The highest BCUT2D eigenvalue weighted by atomic mass is 35.5. The van der Waals surface area contributed by atoms with Gasteiger partial charge in [-0.25, -0.2) is 0 Å². The summed E-state index contributed by atoms with van der Waals surface area (Å²) in [5, 5.41) is 6.36. The average Bonchev–Trinajstić information content (AvgIpc) is 2.55. The van der Waals surface area contributed by atoms with Gasteiger partial charge in [-0.2, -0.15) is 0 Å². The highest BCUT2D eigenvalue weighted by Gasteiger charge is 2.24. The van der Waals surface area contributed by atoms with Crippen LogP contribution in [0.15, 0.2) is 24.3 Å². The van der Waals surface area contributed by atoms with Crippen LogP contribution in [0.1, 0.15) is 31.2 Å². The summed E-state index contributed by atoms with van der Waals surface area (Å²) >= 11 is 0. The van der Waals surface area contributed by atoms with Crippen molar-refractivity contribution in [1.29, 1.82) is 0 Å². The summed E-state index contributed by atoms with van der Waals surface area (Å²) in [5.41, 5.74) is 2.16. The van der Waals surface area contributed by atoms with Gasteiger partial charge in [-0.3, -0.25) is 9.59 Å². The fourth-order valence-corrected chi connectivity index (χ4v) is 3.22. The zero-order chi connectivity index (χ0) is 15.4. The SMILES string of the molecule is Cl.O=C(CCN1C(=O)CCc2ccccc21)NC1CCNCC1. The van der Waals surface area contributed by atoms with E-state index in [4.69, 9.17) is 0 Å². The zero-order valence-corrected chi connectivity index (χ0v) is 14.0. The second-order valence-electron chi connectivity index (χ2n) is 6.02. The number of piperidine rings is 1. The van der Waals surface area contributed by atoms with Crippen LogP contribution < -0.4 is 15.5 Å². The maximum absolute atomic E-state index is 12.1. The first-order chi connectivity index (χ1) is 10.7. The van der Waals surface area contributed by atoms with E-state index in [-0.39, 0.29) is 30.3 Å². The number of amides is 2. The number of aryl methyl sites for hydroxylation is 1. The van der Waals surface area contributed by atoms with E-state index in [0.29, 0.717) is 19.4 Å². The number of halogens is 1. The molecule has 2 aliphatic heterocycles. The van der Waals surface area contributed by atoms with Crippen molar-refractivity contribution in [2.45, 2.75) is 38.1 Å². The molecule has 3 rings (SSSR count). The van der Waals surface area contributed by atoms with E-state index in [9.17, 15) is 9.59 Å². The third-order valence-corrected chi connectivity index (χ3v) is 4.46. The van der Waals surface area contributed by atoms with Gasteiger partial charge in [0.15, 0.2) is 0 Å². The maximum atomic E-state index is 12.1. The maximum Gasteiger partial charge on any atom is 0.227 e. The molecule has 2 N–H and O–H groups in total. The molecule has 1 fully saturated rings. The minimum Gasteiger partial charge on any atom is -0.353 e. The molecule has 2 amide bonds. The highest BCUT2D eigenvalue weighted by molar-refractivity contribution is 5.97. The Hall–Kier alpha value is -1.59. The molecule has 23 heavy (non-hydrogen) atoms. The molecular weight excluding hydrogens is 314 g/mol. The third kappa shape index (κ3) is 4.45. The quantitative estimate of drug-likeness (QED) is 0.878. The lowest BCUT2D eigenvalue weighted by molar-refractivity contribution is -0.122. The number of nitrogens with zero attached hydrogens (tertiary/aromatic N) is 1. The molecule has 0 aromatic heterocycles. The molecule has 0 spiro atoms. The van der Waals surface area contributed by atoms with Gasteiger partial charge in [0.2, 0.25) is 11.8 Å².